The predicted molar refractivity (Wildman–Crippen MR) is 67.8 cm³/mol. The van der Waals surface area contributed by atoms with Crippen molar-refractivity contribution in [2.24, 2.45) is 5.92 Å². The summed E-state index contributed by atoms with van der Waals surface area (Å²) in [4.78, 5) is 0. The monoisotopic (exact) mass is 232 g/mol. The number of rotatable bonds is 10. The Kier molecular flexibility index (Phi) is 9.92. The maximum Gasteiger partial charge on any atom is 0.0928 e. The van der Waals surface area contributed by atoms with Crippen molar-refractivity contribution in [3.63, 3.8) is 0 Å². The van der Waals surface area contributed by atoms with Crippen LogP contribution in [0.25, 0.3) is 0 Å². The fraction of sp³-hybridized carbons (Fsp3) is 1.00. The molecule has 2 N–H and O–H groups in total. The molecule has 0 radical (unpaired) electrons. The highest BCUT2D eigenvalue weighted by atomic mass is 16.5. The second-order valence-electron chi connectivity index (χ2n) is 4.50. The molecule has 0 heterocycles. The fourth-order valence-electron chi connectivity index (χ4n) is 1.28. The van der Waals surface area contributed by atoms with Crippen molar-refractivity contribution in [3.05, 3.63) is 0 Å². The van der Waals surface area contributed by atoms with Crippen LogP contribution >= 0.6 is 0 Å². The average Bonchev–Trinajstić information content (AvgIpc) is 2.26. The zero-order chi connectivity index (χ0) is 12.4. The zero-order valence-electron chi connectivity index (χ0n) is 11.4. The molecule has 4 heteroatoms. The van der Waals surface area contributed by atoms with Crippen molar-refractivity contribution in [1.29, 1.82) is 0 Å². The van der Waals surface area contributed by atoms with Crippen LogP contribution in [0, 0.1) is 5.92 Å². The predicted octanol–water partition coefficient (Wildman–Crippen LogP) is 0.872. The third-order valence-corrected chi connectivity index (χ3v) is 2.83. The molecule has 0 aliphatic heterocycles. The molecule has 0 aromatic rings. The summed E-state index contributed by atoms with van der Waals surface area (Å²) >= 11 is 0. The number of hydrogen-bond acceptors (Lipinski definition) is 4. The van der Waals surface area contributed by atoms with Gasteiger partial charge in [-0.15, -0.1) is 0 Å². The Labute approximate surface area is 100 Å². The van der Waals surface area contributed by atoms with Crippen LogP contribution in [0.4, 0.5) is 0 Å². The molecular weight excluding hydrogens is 204 g/mol. The van der Waals surface area contributed by atoms with E-state index < -0.39 is 0 Å². The highest BCUT2D eigenvalue weighted by molar-refractivity contribution is 4.66. The second kappa shape index (κ2) is 10.0. The number of hydrogen-bond donors (Lipinski definition) is 2. The van der Waals surface area contributed by atoms with E-state index in [0.717, 1.165) is 19.6 Å². The van der Waals surface area contributed by atoms with Crippen LogP contribution in [-0.4, -0.2) is 52.6 Å². The quantitative estimate of drug-likeness (QED) is 0.549. The van der Waals surface area contributed by atoms with E-state index in [9.17, 15) is 0 Å². The number of ether oxygens (including phenoxy) is 2. The van der Waals surface area contributed by atoms with Gasteiger partial charge in [0, 0.05) is 39.9 Å². The second-order valence-corrected chi connectivity index (χ2v) is 4.50. The minimum absolute atomic E-state index is 0.146. The molecule has 2 unspecified atom stereocenters. The van der Waals surface area contributed by atoms with Gasteiger partial charge in [-0.05, 0) is 12.8 Å². The first-order chi connectivity index (χ1) is 7.61. The topological polar surface area (TPSA) is 42.5 Å². The number of methoxy groups -OCH3 is 2. The van der Waals surface area contributed by atoms with Crippen LogP contribution in [0.15, 0.2) is 0 Å². The lowest BCUT2D eigenvalue weighted by Gasteiger charge is -2.18. The molecule has 0 fully saturated rings. The summed E-state index contributed by atoms with van der Waals surface area (Å²) in [5, 5.41) is 6.82. The average molecular weight is 232 g/mol. The molecule has 0 aromatic carbocycles. The first-order valence-electron chi connectivity index (χ1n) is 6.07. The van der Waals surface area contributed by atoms with Gasteiger partial charge in [-0.25, -0.2) is 0 Å². The van der Waals surface area contributed by atoms with Crippen molar-refractivity contribution in [3.8, 4) is 0 Å². The lowest BCUT2D eigenvalue weighted by molar-refractivity contribution is 0.0291. The molecule has 0 saturated carbocycles. The summed E-state index contributed by atoms with van der Waals surface area (Å²) in [5.41, 5.74) is 0. The smallest absolute Gasteiger partial charge is 0.0928 e. The minimum atomic E-state index is 0.146. The van der Waals surface area contributed by atoms with E-state index in [-0.39, 0.29) is 6.10 Å². The van der Waals surface area contributed by atoms with Crippen LogP contribution in [0.2, 0.25) is 0 Å². The molecule has 2 atom stereocenters. The van der Waals surface area contributed by atoms with E-state index in [0.29, 0.717) is 18.6 Å². The minimum Gasteiger partial charge on any atom is -0.382 e. The van der Waals surface area contributed by atoms with Gasteiger partial charge in [0.1, 0.15) is 0 Å². The number of nitrogens with one attached hydrogen (secondary N) is 2. The fourth-order valence-corrected chi connectivity index (χ4v) is 1.28. The summed E-state index contributed by atoms with van der Waals surface area (Å²) in [6, 6.07) is 0.569. The van der Waals surface area contributed by atoms with E-state index in [4.69, 9.17) is 9.47 Å². The van der Waals surface area contributed by atoms with Gasteiger partial charge in [-0.3, -0.25) is 0 Å². The van der Waals surface area contributed by atoms with Gasteiger partial charge in [-0.1, -0.05) is 13.8 Å². The third kappa shape index (κ3) is 8.05. The maximum absolute atomic E-state index is 5.25. The van der Waals surface area contributed by atoms with E-state index in [2.05, 4.69) is 31.4 Å². The Morgan fingerprint density at radius 1 is 1.06 bits per heavy atom. The van der Waals surface area contributed by atoms with Crippen LogP contribution in [0.3, 0.4) is 0 Å². The zero-order valence-corrected chi connectivity index (χ0v) is 11.4. The molecule has 0 spiro atoms. The van der Waals surface area contributed by atoms with E-state index >= 15 is 0 Å². The first kappa shape index (κ1) is 15.8. The van der Waals surface area contributed by atoms with Crippen molar-refractivity contribution in [2.75, 3.05) is 40.5 Å². The Bertz CT molecular complexity index is 154. The summed E-state index contributed by atoms with van der Waals surface area (Å²) in [7, 11) is 3.41. The molecule has 16 heavy (non-hydrogen) atoms. The van der Waals surface area contributed by atoms with Crippen LogP contribution in [0.1, 0.15) is 20.8 Å². The Morgan fingerprint density at radius 3 is 2.25 bits per heavy atom. The SMILES string of the molecule is COCC(CNCCNC(C)C(C)C)OC. The maximum atomic E-state index is 5.25. The molecule has 0 saturated heterocycles. The Hall–Kier alpha value is -0.160. The highest BCUT2D eigenvalue weighted by Gasteiger charge is 2.07. The van der Waals surface area contributed by atoms with E-state index in [1.165, 1.54) is 0 Å². The normalized spacial score (nSPS) is 15.4. The van der Waals surface area contributed by atoms with E-state index in [1.54, 1.807) is 14.2 Å². The Morgan fingerprint density at radius 2 is 1.75 bits per heavy atom. The molecule has 0 bridgehead atoms. The van der Waals surface area contributed by atoms with Gasteiger partial charge in [0.15, 0.2) is 0 Å². The molecule has 4 nitrogen and oxygen atoms in total. The van der Waals surface area contributed by atoms with Crippen molar-refractivity contribution in [1.82, 2.24) is 10.6 Å². The lowest BCUT2D eigenvalue weighted by Crippen LogP contribution is -2.39. The Balaban J connectivity index is 3.38. The van der Waals surface area contributed by atoms with Gasteiger partial charge in [0.05, 0.1) is 12.7 Å². The molecular formula is C12H28N2O2. The van der Waals surface area contributed by atoms with Gasteiger partial charge >= 0.3 is 0 Å². The lowest BCUT2D eigenvalue weighted by atomic mass is 10.1. The van der Waals surface area contributed by atoms with Crippen molar-refractivity contribution in [2.45, 2.75) is 32.9 Å². The molecule has 0 aromatic heterocycles. The molecule has 0 aliphatic rings. The van der Waals surface area contributed by atoms with Gasteiger partial charge in [0.2, 0.25) is 0 Å². The summed E-state index contributed by atoms with van der Waals surface area (Å²) in [6.45, 7) is 10.1. The molecule has 0 amide bonds. The molecule has 0 rings (SSSR count). The third-order valence-electron chi connectivity index (χ3n) is 2.83. The van der Waals surface area contributed by atoms with Crippen molar-refractivity contribution >= 4 is 0 Å². The standard InChI is InChI=1S/C12H28N2O2/c1-10(2)11(3)14-7-6-13-8-12(16-5)9-15-4/h10-14H,6-9H2,1-5H3. The van der Waals surface area contributed by atoms with Gasteiger partial charge < -0.3 is 20.1 Å². The first-order valence-corrected chi connectivity index (χ1v) is 6.07. The molecule has 0 aliphatic carbocycles. The largest absolute Gasteiger partial charge is 0.382 e. The van der Waals surface area contributed by atoms with Gasteiger partial charge in [-0.2, -0.15) is 0 Å². The highest BCUT2D eigenvalue weighted by Crippen LogP contribution is 1.98. The molecule has 98 valence electrons. The summed E-state index contributed by atoms with van der Waals surface area (Å²) in [6.07, 6.45) is 0.146. The van der Waals surface area contributed by atoms with Gasteiger partial charge in [0.25, 0.3) is 0 Å². The van der Waals surface area contributed by atoms with E-state index in [1.807, 2.05) is 0 Å². The summed E-state index contributed by atoms with van der Waals surface area (Å²) in [5.74, 6) is 0.681. The van der Waals surface area contributed by atoms with Crippen LogP contribution in [0.5, 0.6) is 0 Å². The van der Waals surface area contributed by atoms with Crippen LogP contribution < -0.4 is 10.6 Å². The van der Waals surface area contributed by atoms with Crippen LogP contribution in [-0.2, 0) is 9.47 Å². The summed E-state index contributed by atoms with van der Waals surface area (Å²) < 4.78 is 10.3. The van der Waals surface area contributed by atoms with Crippen molar-refractivity contribution < 1.29 is 9.47 Å².